The number of hydrogen-bond donors (Lipinski definition) is 0. The molecule has 0 unspecified atom stereocenters. The molecule has 5 atom stereocenters. The van der Waals surface area contributed by atoms with Gasteiger partial charge in [0, 0.05) is 23.9 Å². The van der Waals surface area contributed by atoms with Crippen molar-refractivity contribution >= 4 is 35.8 Å². The van der Waals surface area contributed by atoms with Gasteiger partial charge in [-0.3, -0.25) is 14.5 Å². The van der Waals surface area contributed by atoms with E-state index >= 15 is 0 Å². The summed E-state index contributed by atoms with van der Waals surface area (Å²) >= 11 is 0. The van der Waals surface area contributed by atoms with E-state index in [1.165, 1.54) is 4.90 Å². The zero-order valence-electron chi connectivity index (χ0n) is 28.8. The van der Waals surface area contributed by atoms with Gasteiger partial charge in [0.2, 0.25) is 5.91 Å². The summed E-state index contributed by atoms with van der Waals surface area (Å²) in [4.78, 5) is 62.7. The Morgan fingerprint density at radius 1 is 0.913 bits per heavy atom. The summed E-state index contributed by atoms with van der Waals surface area (Å²) < 4.78 is 18.3. The van der Waals surface area contributed by atoms with Crippen molar-refractivity contribution in [2.45, 2.75) is 135 Å². The molecule has 0 radical (unpaired) electrons. The molecule has 5 fully saturated rings. The van der Waals surface area contributed by atoms with E-state index in [1.54, 1.807) is 30.6 Å². The van der Waals surface area contributed by atoms with E-state index in [-0.39, 0.29) is 24.2 Å². The van der Waals surface area contributed by atoms with Crippen LogP contribution in [0.15, 0.2) is 18.2 Å². The molecular weight excluding hydrogens is 586 g/mol. The summed E-state index contributed by atoms with van der Waals surface area (Å²) in [6, 6.07) is 3.50. The summed E-state index contributed by atoms with van der Waals surface area (Å²) in [5.41, 5.74) is -3.08. The van der Waals surface area contributed by atoms with Crippen LogP contribution in [0.2, 0.25) is 0 Å². The van der Waals surface area contributed by atoms with Crippen LogP contribution in [0.3, 0.4) is 0 Å². The summed E-state index contributed by atoms with van der Waals surface area (Å²) in [6.45, 7) is 19.5. The molecule has 1 aliphatic carbocycles. The highest BCUT2D eigenvalue weighted by Crippen LogP contribution is 2.68. The monoisotopic (exact) mass is 633 g/mol. The first-order valence-electron chi connectivity index (χ1n) is 16.6. The number of ether oxygens (including phenoxy) is 3. The van der Waals surface area contributed by atoms with E-state index in [2.05, 4.69) is 13.8 Å². The number of benzene rings is 1. The Hall–Kier alpha value is -3.56. The Labute approximate surface area is 271 Å². The molecular formula is C36H47N3O7. The van der Waals surface area contributed by atoms with E-state index in [4.69, 9.17) is 14.2 Å². The number of nitrogens with zero attached hydrogens (tertiary/aromatic N) is 3. The lowest BCUT2D eigenvalue weighted by atomic mass is 9.47. The third kappa shape index (κ3) is 4.00. The average molecular weight is 634 g/mol. The van der Waals surface area contributed by atoms with Crippen molar-refractivity contribution in [1.82, 2.24) is 9.80 Å². The molecule has 6 aliphatic heterocycles. The number of carbonyl (C=O) groups is 4. The van der Waals surface area contributed by atoms with Gasteiger partial charge in [-0.1, -0.05) is 19.9 Å². The summed E-state index contributed by atoms with van der Waals surface area (Å²) in [5.74, 6) is -0.658. The maximum atomic E-state index is 14.9. The fourth-order valence-corrected chi connectivity index (χ4v) is 9.62. The molecule has 6 heterocycles. The van der Waals surface area contributed by atoms with Gasteiger partial charge >= 0.3 is 12.2 Å². The SMILES string of the molecule is CC(C)(C)OC(=O)N1c2c(ccc3c2C=CC(C)(C)O3)[C@@H]2C[C@]34C(=O)N5CCC[C@@]5(C[C@@H]3C(C)(C)[C@@H]21)C(=O)N4C(=O)OC(C)(C)C. The van der Waals surface area contributed by atoms with Gasteiger partial charge in [0.15, 0.2) is 0 Å². The molecule has 4 saturated heterocycles. The van der Waals surface area contributed by atoms with Gasteiger partial charge in [0.25, 0.3) is 5.91 Å². The quantitative estimate of drug-likeness (QED) is 0.325. The average Bonchev–Trinajstić information content (AvgIpc) is 3.48. The molecule has 4 amide bonds. The van der Waals surface area contributed by atoms with Gasteiger partial charge < -0.3 is 19.1 Å². The highest BCUT2D eigenvalue weighted by Gasteiger charge is 2.80. The number of carbonyl (C=O) groups excluding carboxylic acids is 4. The van der Waals surface area contributed by atoms with Gasteiger partial charge in [-0.05, 0) is 110 Å². The minimum absolute atomic E-state index is 0.182. The van der Waals surface area contributed by atoms with Crippen LogP contribution >= 0.6 is 0 Å². The molecule has 7 aliphatic rings. The predicted molar refractivity (Wildman–Crippen MR) is 171 cm³/mol. The van der Waals surface area contributed by atoms with Crippen LogP contribution in [0.5, 0.6) is 5.75 Å². The van der Waals surface area contributed by atoms with Crippen molar-refractivity contribution in [2.24, 2.45) is 11.3 Å². The van der Waals surface area contributed by atoms with Gasteiger partial charge in [0.05, 0.1) is 11.7 Å². The van der Waals surface area contributed by atoms with E-state index in [9.17, 15) is 19.2 Å². The first-order chi connectivity index (χ1) is 21.1. The van der Waals surface area contributed by atoms with E-state index in [0.29, 0.717) is 37.2 Å². The van der Waals surface area contributed by atoms with Gasteiger partial charge in [-0.15, -0.1) is 0 Å². The van der Waals surface area contributed by atoms with Crippen LogP contribution < -0.4 is 9.64 Å². The third-order valence-electron chi connectivity index (χ3n) is 11.1. The second kappa shape index (κ2) is 9.07. The van der Waals surface area contributed by atoms with Crippen LogP contribution in [0, 0.1) is 11.3 Å². The molecule has 2 spiro atoms. The maximum absolute atomic E-state index is 14.9. The number of piperazine rings is 1. The second-order valence-electron chi connectivity index (χ2n) is 17.3. The number of hydrogen-bond acceptors (Lipinski definition) is 7. The van der Waals surface area contributed by atoms with Crippen LogP contribution in [-0.4, -0.2) is 74.3 Å². The summed E-state index contributed by atoms with van der Waals surface area (Å²) in [7, 11) is 0. The lowest BCUT2D eigenvalue weighted by Crippen LogP contribution is -2.86. The number of fused-ring (bicyclic) bond motifs is 6. The van der Waals surface area contributed by atoms with Gasteiger partial charge in [-0.2, -0.15) is 0 Å². The molecule has 248 valence electrons. The minimum Gasteiger partial charge on any atom is -0.483 e. The van der Waals surface area contributed by atoms with Crippen LogP contribution in [-0.2, 0) is 19.1 Å². The highest BCUT2D eigenvalue weighted by atomic mass is 16.6. The Bertz CT molecular complexity index is 1610. The standard InChI is InChI=1S/C36H47N3O7/c1-31(2,3)45-29(42)38-25-20(12-13-23-21(25)14-16-33(7,8)44-23)22-18-36-24(34(9,10)26(22)38)19-35(15-11-17-37(35)28(36)41)27(40)39(36)30(43)46-32(4,5)6/h12-14,16,22,24,26H,11,15,17-19H2,1-10H3/t22-,24+,26+,35+,36+/m0/s1. The summed E-state index contributed by atoms with van der Waals surface area (Å²) in [5, 5.41) is 0. The van der Waals surface area contributed by atoms with E-state index in [0.717, 1.165) is 11.1 Å². The highest BCUT2D eigenvalue weighted by molar-refractivity contribution is 6.12. The molecule has 0 aromatic heterocycles. The van der Waals surface area contributed by atoms with Gasteiger partial charge in [-0.25, -0.2) is 14.5 Å². The normalized spacial score (nSPS) is 33.1. The van der Waals surface area contributed by atoms with Crippen molar-refractivity contribution in [1.29, 1.82) is 0 Å². The topological polar surface area (TPSA) is 106 Å². The first kappa shape index (κ1) is 31.1. The number of anilines is 1. The number of imide groups is 1. The minimum atomic E-state index is -1.46. The Balaban J connectivity index is 1.45. The molecule has 46 heavy (non-hydrogen) atoms. The summed E-state index contributed by atoms with van der Waals surface area (Å²) in [6.07, 6.45) is 4.55. The van der Waals surface area contributed by atoms with Crippen molar-refractivity contribution in [3.05, 3.63) is 29.3 Å². The Morgan fingerprint density at radius 3 is 2.22 bits per heavy atom. The molecule has 2 bridgehead atoms. The molecule has 1 aromatic carbocycles. The number of amides is 4. The van der Waals surface area contributed by atoms with Crippen molar-refractivity contribution < 1.29 is 33.4 Å². The number of piperidine rings is 2. The Morgan fingerprint density at radius 2 is 1.57 bits per heavy atom. The largest absolute Gasteiger partial charge is 0.483 e. The van der Waals surface area contributed by atoms with Crippen molar-refractivity contribution in [2.75, 3.05) is 11.4 Å². The third-order valence-corrected chi connectivity index (χ3v) is 11.1. The van der Waals surface area contributed by atoms with Crippen LogP contribution in [0.1, 0.15) is 112 Å². The molecule has 10 nitrogen and oxygen atoms in total. The predicted octanol–water partition coefficient (Wildman–Crippen LogP) is 6.41. The smallest absolute Gasteiger partial charge is 0.418 e. The fourth-order valence-electron chi connectivity index (χ4n) is 9.62. The lowest BCUT2D eigenvalue weighted by molar-refractivity contribution is -0.211. The zero-order chi connectivity index (χ0) is 33.6. The lowest BCUT2D eigenvalue weighted by Gasteiger charge is -2.69. The molecule has 1 saturated carbocycles. The molecule has 10 heteroatoms. The van der Waals surface area contributed by atoms with Crippen LogP contribution in [0.4, 0.5) is 15.3 Å². The van der Waals surface area contributed by atoms with Gasteiger partial charge in [0.1, 0.15) is 33.6 Å². The molecule has 8 rings (SSSR count). The second-order valence-corrected chi connectivity index (χ2v) is 17.3. The zero-order valence-corrected chi connectivity index (χ0v) is 28.8. The van der Waals surface area contributed by atoms with E-state index < -0.39 is 57.4 Å². The fraction of sp³-hybridized carbons (Fsp3) is 0.667. The first-order valence-corrected chi connectivity index (χ1v) is 16.6. The maximum Gasteiger partial charge on any atom is 0.418 e. The van der Waals surface area contributed by atoms with Crippen LogP contribution in [0.25, 0.3) is 6.08 Å². The van der Waals surface area contributed by atoms with Crippen molar-refractivity contribution in [3.8, 4) is 5.75 Å². The van der Waals surface area contributed by atoms with Crippen molar-refractivity contribution in [3.63, 3.8) is 0 Å². The molecule has 0 N–H and O–H groups in total. The van der Waals surface area contributed by atoms with E-state index in [1.807, 2.05) is 58.9 Å². The number of rotatable bonds is 0. The Kier molecular flexibility index (Phi) is 6.12. The molecule has 1 aromatic rings.